The SMILES string of the molecule is CN1CCCC[C@H]1c1ncco1.S. The van der Waals surface area contributed by atoms with Crippen molar-refractivity contribution in [1.82, 2.24) is 9.88 Å². The standard InChI is InChI=1S/C9H14N2O.H2S/c1-11-6-3-2-4-8(11)9-10-5-7-12-9;/h5,7-8H,2-4,6H2,1H3;1H2/t8-;/m0./s1. The van der Waals surface area contributed by atoms with E-state index < -0.39 is 0 Å². The van der Waals surface area contributed by atoms with E-state index in [4.69, 9.17) is 4.42 Å². The Bertz CT molecular complexity index is 238. The molecule has 2 heterocycles. The van der Waals surface area contributed by atoms with Crippen molar-refractivity contribution < 1.29 is 4.42 Å². The fourth-order valence-corrected chi connectivity index (χ4v) is 1.79. The van der Waals surface area contributed by atoms with Crippen molar-refractivity contribution in [2.24, 2.45) is 0 Å². The van der Waals surface area contributed by atoms with E-state index in [1.165, 1.54) is 19.3 Å². The molecule has 3 nitrogen and oxygen atoms in total. The summed E-state index contributed by atoms with van der Waals surface area (Å²) >= 11 is 0. The predicted octanol–water partition coefficient (Wildman–Crippen LogP) is 1.94. The minimum Gasteiger partial charge on any atom is -0.447 e. The number of hydrogen-bond donors (Lipinski definition) is 0. The lowest BCUT2D eigenvalue weighted by Gasteiger charge is -2.29. The van der Waals surface area contributed by atoms with Crippen LogP contribution in [0.25, 0.3) is 0 Å². The highest BCUT2D eigenvalue weighted by Gasteiger charge is 2.23. The van der Waals surface area contributed by atoms with Gasteiger partial charge in [0.25, 0.3) is 0 Å². The van der Waals surface area contributed by atoms with Gasteiger partial charge in [0.15, 0.2) is 0 Å². The third-order valence-corrected chi connectivity index (χ3v) is 2.51. The molecular weight excluding hydrogens is 184 g/mol. The van der Waals surface area contributed by atoms with Gasteiger partial charge in [0.1, 0.15) is 6.26 Å². The molecule has 1 saturated heterocycles. The first-order chi connectivity index (χ1) is 5.88. The number of aromatic nitrogens is 1. The zero-order chi connectivity index (χ0) is 8.39. The fraction of sp³-hybridized carbons (Fsp3) is 0.667. The first-order valence-corrected chi connectivity index (χ1v) is 4.47. The zero-order valence-electron chi connectivity index (χ0n) is 7.86. The van der Waals surface area contributed by atoms with Crippen LogP contribution in [-0.4, -0.2) is 23.5 Å². The van der Waals surface area contributed by atoms with Crippen molar-refractivity contribution >= 4 is 13.5 Å². The number of rotatable bonds is 1. The van der Waals surface area contributed by atoms with Crippen LogP contribution < -0.4 is 0 Å². The number of likely N-dealkylation sites (tertiary alicyclic amines) is 1. The van der Waals surface area contributed by atoms with E-state index in [9.17, 15) is 0 Å². The van der Waals surface area contributed by atoms with E-state index in [-0.39, 0.29) is 13.5 Å². The minimum atomic E-state index is 0. The third kappa shape index (κ3) is 2.25. The summed E-state index contributed by atoms with van der Waals surface area (Å²) in [6, 6.07) is 0.411. The average Bonchev–Trinajstić information content (AvgIpc) is 2.57. The Hall–Kier alpha value is -0.480. The van der Waals surface area contributed by atoms with Gasteiger partial charge in [-0.25, -0.2) is 4.98 Å². The van der Waals surface area contributed by atoms with Gasteiger partial charge in [-0.3, -0.25) is 4.90 Å². The van der Waals surface area contributed by atoms with E-state index >= 15 is 0 Å². The van der Waals surface area contributed by atoms with Crippen molar-refractivity contribution in [2.45, 2.75) is 25.3 Å². The minimum absolute atomic E-state index is 0. The van der Waals surface area contributed by atoms with Crippen LogP contribution in [0.3, 0.4) is 0 Å². The van der Waals surface area contributed by atoms with E-state index in [2.05, 4.69) is 16.9 Å². The van der Waals surface area contributed by atoms with Crippen molar-refractivity contribution in [3.63, 3.8) is 0 Å². The largest absolute Gasteiger partial charge is 0.447 e. The summed E-state index contributed by atoms with van der Waals surface area (Å²) in [4.78, 5) is 6.50. The predicted molar refractivity (Wildman–Crippen MR) is 56.1 cm³/mol. The fourth-order valence-electron chi connectivity index (χ4n) is 1.79. The smallest absolute Gasteiger partial charge is 0.211 e. The van der Waals surface area contributed by atoms with Gasteiger partial charge in [-0.1, -0.05) is 6.42 Å². The molecule has 1 atom stereocenters. The Morgan fingerprint density at radius 3 is 3.00 bits per heavy atom. The molecule has 0 amide bonds. The van der Waals surface area contributed by atoms with E-state index in [1.54, 1.807) is 12.5 Å². The van der Waals surface area contributed by atoms with Crippen LogP contribution in [-0.2, 0) is 0 Å². The van der Waals surface area contributed by atoms with Gasteiger partial charge < -0.3 is 4.42 Å². The molecule has 1 aliphatic rings. The maximum absolute atomic E-state index is 5.29. The summed E-state index contributed by atoms with van der Waals surface area (Å²) in [7, 11) is 2.13. The molecule has 1 aromatic rings. The maximum atomic E-state index is 5.29. The second-order valence-corrected chi connectivity index (χ2v) is 3.36. The molecule has 1 fully saturated rings. The molecular formula is C9H16N2OS. The maximum Gasteiger partial charge on any atom is 0.211 e. The van der Waals surface area contributed by atoms with Crippen LogP contribution in [0, 0.1) is 0 Å². The summed E-state index contributed by atoms with van der Waals surface area (Å²) < 4.78 is 5.29. The van der Waals surface area contributed by atoms with Gasteiger partial charge in [0, 0.05) is 0 Å². The number of hydrogen-bond acceptors (Lipinski definition) is 3. The van der Waals surface area contributed by atoms with Gasteiger partial charge in [0.2, 0.25) is 5.89 Å². The third-order valence-electron chi connectivity index (χ3n) is 2.51. The number of nitrogens with zero attached hydrogens (tertiary/aromatic N) is 2. The second-order valence-electron chi connectivity index (χ2n) is 3.36. The molecule has 1 aliphatic heterocycles. The summed E-state index contributed by atoms with van der Waals surface area (Å²) in [6.45, 7) is 1.16. The summed E-state index contributed by atoms with van der Waals surface area (Å²) in [5.41, 5.74) is 0. The average molecular weight is 200 g/mol. The first-order valence-electron chi connectivity index (χ1n) is 4.47. The van der Waals surface area contributed by atoms with Crippen LogP contribution in [0.4, 0.5) is 0 Å². The Balaban J connectivity index is 0.000000845. The molecule has 0 aromatic carbocycles. The molecule has 0 spiro atoms. The molecule has 0 bridgehead atoms. The molecule has 4 heteroatoms. The quantitative estimate of drug-likeness (QED) is 0.694. The van der Waals surface area contributed by atoms with Crippen LogP contribution in [0.1, 0.15) is 31.2 Å². The van der Waals surface area contributed by atoms with E-state index in [1.807, 2.05) is 0 Å². The van der Waals surface area contributed by atoms with Crippen LogP contribution >= 0.6 is 13.5 Å². The van der Waals surface area contributed by atoms with E-state index in [0.29, 0.717) is 6.04 Å². The van der Waals surface area contributed by atoms with Crippen LogP contribution in [0.5, 0.6) is 0 Å². The van der Waals surface area contributed by atoms with Crippen molar-refractivity contribution in [2.75, 3.05) is 13.6 Å². The zero-order valence-corrected chi connectivity index (χ0v) is 8.86. The van der Waals surface area contributed by atoms with Crippen LogP contribution in [0.2, 0.25) is 0 Å². The summed E-state index contributed by atoms with van der Waals surface area (Å²) in [5.74, 6) is 0.872. The molecule has 1 aromatic heterocycles. The summed E-state index contributed by atoms with van der Waals surface area (Å²) in [6.07, 6.45) is 7.14. The molecule has 0 saturated carbocycles. The number of piperidine rings is 1. The Kier molecular flexibility index (Phi) is 3.81. The molecule has 2 rings (SSSR count). The van der Waals surface area contributed by atoms with Gasteiger partial charge in [-0.05, 0) is 26.4 Å². The molecule has 0 N–H and O–H groups in total. The summed E-state index contributed by atoms with van der Waals surface area (Å²) in [5, 5.41) is 0. The Morgan fingerprint density at radius 1 is 1.54 bits per heavy atom. The van der Waals surface area contributed by atoms with E-state index in [0.717, 1.165) is 12.4 Å². The molecule has 0 unspecified atom stereocenters. The lowest BCUT2D eigenvalue weighted by atomic mass is 10.0. The molecule has 0 aliphatic carbocycles. The molecule has 0 radical (unpaired) electrons. The van der Waals surface area contributed by atoms with Crippen molar-refractivity contribution in [1.29, 1.82) is 0 Å². The molecule has 13 heavy (non-hydrogen) atoms. The van der Waals surface area contributed by atoms with Gasteiger partial charge in [-0.15, -0.1) is 0 Å². The van der Waals surface area contributed by atoms with Crippen LogP contribution in [0.15, 0.2) is 16.9 Å². The van der Waals surface area contributed by atoms with Crippen molar-refractivity contribution in [3.05, 3.63) is 18.4 Å². The highest BCUT2D eigenvalue weighted by atomic mass is 32.1. The molecule has 74 valence electrons. The normalized spacial score (nSPS) is 23.9. The van der Waals surface area contributed by atoms with Gasteiger partial charge >= 0.3 is 0 Å². The lowest BCUT2D eigenvalue weighted by molar-refractivity contribution is 0.159. The lowest BCUT2D eigenvalue weighted by Crippen LogP contribution is -2.29. The first kappa shape index (κ1) is 10.6. The monoisotopic (exact) mass is 200 g/mol. The second kappa shape index (κ2) is 4.67. The highest BCUT2D eigenvalue weighted by molar-refractivity contribution is 7.59. The van der Waals surface area contributed by atoms with Gasteiger partial charge in [0.05, 0.1) is 12.2 Å². The topological polar surface area (TPSA) is 29.3 Å². The Labute approximate surface area is 85.6 Å². The van der Waals surface area contributed by atoms with Crippen molar-refractivity contribution in [3.8, 4) is 0 Å². The number of oxazole rings is 1. The highest BCUT2D eigenvalue weighted by Crippen LogP contribution is 2.27. The Morgan fingerprint density at radius 2 is 2.38 bits per heavy atom. The van der Waals surface area contributed by atoms with Gasteiger partial charge in [-0.2, -0.15) is 13.5 Å².